The van der Waals surface area contributed by atoms with E-state index >= 15 is 0 Å². The predicted molar refractivity (Wildman–Crippen MR) is 138 cm³/mol. The SMILES string of the molecule is CC(C)(OC(=O)C(CC(=O)O)NC(=O)OCc1ccccc1)OC(=O)[C@H](CC(=O)O)NC(=O)OCc1ccccc1. The Kier molecular flexibility index (Phi) is 12.1. The van der Waals surface area contributed by atoms with Crippen molar-refractivity contribution in [2.24, 2.45) is 0 Å². The maximum absolute atomic E-state index is 12.7. The third kappa shape index (κ3) is 12.5. The smallest absolute Gasteiger partial charge is 0.408 e. The predicted octanol–water partition coefficient (Wildman–Crippen LogP) is 2.35. The molecule has 2 aromatic carbocycles. The molecule has 0 aromatic heterocycles. The van der Waals surface area contributed by atoms with Gasteiger partial charge in [0.1, 0.15) is 25.3 Å². The highest BCUT2D eigenvalue weighted by Crippen LogP contribution is 2.16. The first-order chi connectivity index (χ1) is 19.3. The minimum atomic E-state index is -2.08. The molecule has 0 fully saturated rings. The molecule has 14 heteroatoms. The van der Waals surface area contributed by atoms with E-state index in [4.69, 9.17) is 29.2 Å². The Bertz CT molecular complexity index is 1120. The molecular weight excluding hydrogens is 544 g/mol. The van der Waals surface area contributed by atoms with Crippen molar-refractivity contribution >= 4 is 36.1 Å². The van der Waals surface area contributed by atoms with Gasteiger partial charge in [-0.3, -0.25) is 9.59 Å². The third-order valence-electron chi connectivity index (χ3n) is 5.03. The van der Waals surface area contributed by atoms with E-state index in [0.717, 1.165) is 13.8 Å². The number of carboxylic acids is 2. The molecule has 2 atom stereocenters. The second-order valence-electron chi connectivity index (χ2n) is 8.96. The van der Waals surface area contributed by atoms with Gasteiger partial charge in [0.25, 0.3) is 5.79 Å². The number of hydrogen-bond acceptors (Lipinski definition) is 10. The number of carboxylic acid groups (broad SMARTS) is 2. The molecule has 14 nitrogen and oxygen atoms in total. The average Bonchev–Trinajstić information content (AvgIpc) is 2.90. The lowest BCUT2D eigenvalue weighted by Crippen LogP contribution is -2.49. The van der Waals surface area contributed by atoms with Crippen LogP contribution in [0.1, 0.15) is 37.8 Å². The number of esters is 2. The van der Waals surface area contributed by atoms with Crippen molar-refractivity contribution in [1.29, 1.82) is 0 Å². The lowest BCUT2D eigenvalue weighted by molar-refractivity contribution is -0.219. The van der Waals surface area contributed by atoms with Crippen LogP contribution in [0.2, 0.25) is 0 Å². The number of aliphatic carboxylic acids is 2. The monoisotopic (exact) mass is 574 g/mol. The van der Waals surface area contributed by atoms with Crippen molar-refractivity contribution in [3.8, 4) is 0 Å². The molecule has 2 amide bonds. The maximum Gasteiger partial charge on any atom is 0.408 e. The van der Waals surface area contributed by atoms with E-state index in [1.54, 1.807) is 60.7 Å². The molecule has 41 heavy (non-hydrogen) atoms. The van der Waals surface area contributed by atoms with E-state index in [0.29, 0.717) is 11.1 Å². The molecular formula is C27H30N2O12. The number of nitrogens with one attached hydrogen (secondary N) is 2. The highest BCUT2D eigenvalue weighted by molar-refractivity contribution is 5.87. The van der Waals surface area contributed by atoms with Gasteiger partial charge in [-0.05, 0) is 11.1 Å². The molecule has 4 N–H and O–H groups in total. The van der Waals surface area contributed by atoms with Gasteiger partial charge in [-0.2, -0.15) is 0 Å². The number of alkyl carbamates (subject to hydrolysis) is 2. The summed E-state index contributed by atoms with van der Waals surface area (Å²) < 4.78 is 20.2. The summed E-state index contributed by atoms with van der Waals surface area (Å²) in [4.78, 5) is 72.3. The fourth-order valence-electron chi connectivity index (χ4n) is 3.20. The zero-order chi connectivity index (χ0) is 30.4. The Morgan fingerprint density at radius 1 is 0.659 bits per heavy atom. The number of benzene rings is 2. The number of ether oxygens (including phenoxy) is 4. The van der Waals surface area contributed by atoms with Crippen LogP contribution in [0, 0.1) is 0 Å². The summed E-state index contributed by atoms with van der Waals surface area (Å²) in [7, 11) is 0. The molecule has 1 unspecified atom stereocenters. The highest BCUT2D eigenvalue weighted by Gasteiger charge is 2.36. The Balaban J connectivity index is 1.98. The highest BCUT2D eigenvalue weighted by atomic mass is 16.7. The van der Waals surface area contributed by atoms with Gasteiger partial charge in [0.05, 0.1) is 12.8 Å². The summed E-state index contributed by atoms with van der Waals surface area (Å²) in [6.07, 6.45) is -3.99. The number of rotatable bonds is 14. The van der Waals surface area contributed by atoms with E-state index in [1.807, 2.05) is 0 Å². The summed E-state index contributed by atoms with van der Waals surface area (Å²) in [5.41, 5.74) is 1.28. The Morgan fingerprint density at radius 2 is 1.00 bits per heavy atom. The number of hydrogen-bond donors (Lipinski definition) is 4. The van der Waals surface area contributed by atoms with Gasteiger partial charge in [0.15, 0.2) is 0 Å². The van der Waals surface area contributed by atoms with E-state index in [9.17, 15) is 28.8 Å². The Labute approximate surface area is 234 Å². The fourth-order valence-corrected chi connectivity index (χ4v) is 3.20. The molecule has 2 rings (SSSR count). The van der Waals surface area contributed by atoms with Crippen LogP contribution in [0.4, 0.5) is 9.59 Å². The van der Waals surface area contributed by atoms with Crippen LogP contribution in [0.3, 0.4) is 0 Å². The molecule has 0 bridgehead atoms. The minimum absolute atomic E-state index is 0.156. The maximum atomic E-state index is 12.7. The van der Waals surface area contributed by atoms with Crippen LogP contribution < -0.4 is 10.6 Å². The summed E-state index contributed by atoms with van der Waals surface area (Å²) in [6, 6.07) is 13.7. The van der Waals surface area contributed by atoms with Crippen molar-refractivity contribution in [1.82, 2.24) is 10.6 Å². The topological polar surface area (TPSA) is 204 Å². The van der Waals surface area contributed by atoms with E-state index in [1.165, 1.54) is 0 Å². The van der Waals surface area contributed by atoms with Crippen LogP contribution in [0.25, 0.3) is 0 Å². The summed E-state index contributed by atoms with van der Waals surface area (Å²) in [5.74, 6) is -7.55. The molecule has 0 aliphatic carbocycles. The van der Waals surface area contributed by atoms with E-state index in [2.05, 4.69) is 10.6 Å². The van der Waals surface area contributed by atoms with Gasteiger partial charge < -0.3 is 39.8 Å². The molecule has 0 saturated heterocycles. The van der Waals surface area contributed by atoms with E-state index in [-0.39, 0.29) is 13.2 Å². The molecule has 0 spiro atoms. The van der Waals surface area contributed by atoms with Crippen molar-refractivity contribution in [3.05, 3.63) is 71.8 Å². The fraction of sp³-hybridized carbons (Fsp3) is 0.333. The van der Waals surface area contributed by atoms with Gasteiger partial charge in [-0.1, -0.05) is 60.7 Å². The van der Waals surface area contributed by atoms with Gasteiger partial charge >= 0.3 is 36.1 Å². The minimum Gasteiger partial charge on any atom is -0.481 e. The van der Waals surface area contributed by atoms with Crippen LogP contribution >= 0.6 is 0 Å². The van der Waals surface area contributed by atoms with Crippen molar-refractivity contribution in [3.63, 3.8) is 0 Å². The van der Waals surface area contributed by atoms with Gasteiger partial charge in [0, 0.05) is 13.8 Å². The van der Waals surface area contributed by atoms with Gasteiger partial charge in [0.2, 0.25) is 0 Å². The molecule has 0 heterocycles. The van der Waals surface area contributed by atoms with E-state index < -0.39 is 66.8 Å². The first kappa shape index (κ1) is 32.1. The van der Waals surface area contributed by atoms with Crippen LogP contribution in [-0.2, 0) is 51.3 Å². The molecule has 2 aromatic rings. The summed E-state index contributed by atoms with van der Waals surface area (Å²) in [5, 5.41) is 22.5. The zero-order valence-electron chi connectivity index (χ0n) is 22.2. The molecule has 220 valence electrons. The van der Waals surface area contributed by atoms with Crippen LogP contribution in [0.15, 0.2) is 60.7 Å². The van der Waals surface area contributed by atoms with Crippen molar-refractivity contribution in [2.45, 2.75) is 57.8 Å². The Hall–Kier alpha value is -5.14. The zero-order valence-corrected chi connectivity index (χ0v) is 22.2. The number of carbonyl (C=O) groups excluding carboxylic acids is 4. The average molecular weight is 575 g/mol. The van der Waals surface area contributed by atoms with Crippen molar-refractivity contribution < 1.29 is 57.9 Å². The molecule has 0 saturated carbocycles. The summed E-state index contributed by atoms with van der Waals surface area (Å²) >= 11 is 0. The lowest BCUT2D eigenvalue weighted by Gasteiger charge is -2.28. The largest absolute Gasteiger partial charge is 0.481 e. The molecule has 0 radical (unpaired) electrons. The number of amides is 2. The van der Waals surface area contributed by atoms with Gasteiger partial charge in [-0.15, -0.1) is 0 Å². The second-order valence-corrected chi connectivity index (χ2v) is 8.96. The number of carbonyl (C=O) groups is 6. The molecule has 0 aliphatic rings. The second kappa shape index (κ2) is 15.5. The quantitative estimate of drug-likeness (QED) is 0.146. The Morgan fingerprint density at radius 3 is 1.32 bits per heavy atom. The normalized spacial score (nSPS) is 12.1. The third-order valence-corrected chi connectivity index (χ3v) is 5.03. The van der Waals surface area contributed by atoms with Crippen LogP contribution in [-0.4, -0.2) is 64.1 Å². The van der Waals surface area contributed by atoms with Crippen LogP contribution in [0.5, 0.6) is 0 Å². The first-order valence-corrected chi connectivity index (χ1v) is 12.2. The van der Waals surface area contributed by atoms with Gasteiger partial charge in [-0.25, -0.2) is 19.2 Å². The summed E-state index contributed by atoms with van der Waals surface area (Å²) in [6.45, 7) is 1.91. The molecule has 0 aliphatic heterocycles. The van der Waals surface area contributed by atoms with Crippen molar-refractivity contribution in [2.75, 3.05) is 0 Å². The first-order valence-electron chi connectivity index (χ1n) is 12.2. The standard InChI is InChI=1S/C27H30N2O12/c1-27(2,40-23(34)19(13-21(30)31)28-25(36)38-15-17-9-5-3-6-10-17)41-24(35)20(14-22(32)33)29-26(37)39-16-18-11-7-4-8-12-18/h3-12,19-20H,13-16H2,1-2H3,(H,28,36)(H,29,37)(H,30,31)(H,32,33)/t19-,20?/m0/s1. The lowest BCUT2D eigenvalue weighted by atomic mass is 10.2.